The summed E-state index contributed by atoms with van der Waals surface area (Å²) < 4.78 is 7.09. The number of fused-ring (bicyclic) bond motifs is 1. The van der Waals surface area contributed by atoms with Crippen molar-refractivity contribution in [3.05, 3.63) is 21.7 Å². The second kappa shape index (κ2) is 5.51. The van der Waals surface area contributed by atoms with Crippen LogP contribution in [-0.2, 0) is 9.57 Å². The highest BCUT2D eigenvalue weighted by atomic mass is 35.5. The summed E-state index contributed by atoms with van der Waals surface area (Å²) in [6, 6.07) is 0. The van der Waals surface area contributed by atoms with Gasteiger partial charge in [-0.1, -0.05) is 0 Å². The van der Waals surface area contributed by atoms with Crippen LogP contribution >= 0.6 is 11.6 Å². The number of hydrogen-bond acceptors (Lipinski definition) is 9. The lowest BCUT2D eigenvalue weighted by molar-refractivity contribution is -0.759. The largest absolute Gasteiger partial charge is 0.390 e. The van der Waals surface area contributed by atoms with Gasteiger partial charge in [-0.3, -0.25) is 4.57 Å². The first-order valence-corrected chi connectivity index (χ1v) is 6.60. The molecule has 3 atom stereocenters. The minimum Gasteiger partial charge on any atom is -0.390 e. The molecule has 118 valence electrons. The van der Waals surface area contributed by atoms with Gasteiger partial charge in [-0.2, -0.15) is 9.97 Å². The zero-order chi connectivity index (χ0) is 15.9. The molecular weight excluding hydrogens is 320 g/mol. The number of rotatable bonds is 4. The highest BCUT2D eigenvalue weighted by Gasteiger charge is 2.36. The maximum Gasteiger partial charge on any atom is 0.294 e. The first-order valence-electron chi connectivity index (χ1n) is 6.22. The van der Waals surface area contributed by atoms with Crippen molar-refractivity contribution >= 4 is 28.6 Å². The Morgan fingerprint density at radius 3 is 3.14 bits per heavy atom. The summed E-state index contributed by atoms with van der Waals surface area (Å²) in [4.78, 5) is 26.4. The fourth-order valence-electron chi connectivity index (χ4n) is 2.29. The molecule has 2 aromatic rings. The average Bonchev–Trinajstić information content (AvgIpc) is 3.00. The third-order valence-corrected chi connectivity index (χ3v) is 3.45. The fourth-order valence-corrected chi connectivity index (χ4v) is 2.46. The van der Waals surface area contributed by atoms with E-state index in [1.54, 1.807) is 0 Å². The van der Waals surface area contributed by atoms with Crippen molar-refractivity contribution in [3.8, 4) is 0 Å². The van der Waals surface area contributed by atoms with Crippen LogP contribution in [0.2, 0.25) is 5.28 Å². The molecule has 0 amide bonds. The van der Waals surface area contributed by atoms with E-state index >= 15 is 0 Å². The molecule has 0 aliphatic carbocycles. The molecule has 2 aromatic heterocycles. The van der Waals surface area contributed by atoms with E-state index < -0.39 is 23.5 Å². The summed E-state index contributed by atoms with van der Waals surface area (Å²) in [5.41, 5.74) is 6.41. The average molecular weight is 331 g/mol. The Hall–Kier alpha value is -2.24. The van der Waals surface area contributed by atoms with E-state index in [-0.39, 0.29) is 24.1 Å². The molecule has 1 aliphatic rings. The number of imidazole rings is 1. The lowest BCUT2D eigenvalue weighted by Crippen LogP contribution is -2.27. The number of halogens is 1. The van der Waals surface area contributed by atoms with E-state index in [0.29, 0.717) is 11.2 Å². The topological polar surface area (TPSA) is 151 Å². The van der Waals surface area contributed by atoms with Crippen molar-refractivity contribution < 1.29 is 19.8 Å². The van der Waals surface area contributed by atoms with E-state index in [0.717, 1.165) is 0 Å². The molecule has 0 radical (unpaired) electrons. The molecule has 1 fully saturated rings. The first-order chi connectivity index (χ1) is 10.5. The molecule has 3 N–H and O–H groups in total. The molecule has 3 heterocycles. The van der Waals surface area contributed by atoms with E-state index in [1.165, 1.54) is 10.9 Å². The van der Waals surface area contributed by atoms with Crippen molar-refractivity contribution in [2.24, 2.45) is 0 Å². The van der Waals surface area contributed by atoms with Gasteiger partial charge in [0.2, 0.25) is 5.28 Å². The summed E-state index contributed by atoms with van der Waals surface area (Å²) >= 11 is 5.77. The number of ether oxygens (including phenoxy) is 1. The van der Waals surface area contributed by atoms with Crippen LogP contribution in [0.25, 0.3) is 11.2 Å². The number of aliphatic hydroxyl groups excluding tert-OH is 1. The van der Waals surface area contributed by atoms with Gasteiger partial charge in [-0.15, -0.1) is 10.1 Å². The van der Waals surface area contributed by atoms with Gasteiger partial charge >= 0.3 is 0 Å². The Balaban J connectivity index is 1.85. The molecule has 1 aliphatic heterocycles. The summed E-state index contributed by atoms with van der Waals surface area (Å²) in [7, 11) is 0. The van der Waals surface area contributed by atoms with E-state index in [4.69, 9.17) is 22.1 Å². The molecule has 0 saturated carbocycles. The third-order valence-electron chi connectivity index (χ3n) is 3.28. The van der Waals surface area contributed by atoms with Crippen LogP contribution in [0.4, 0.5) is 5.82 Å². The van der Waals surface area contributed by atoms with Crippen LogP contribution in [0.5, 0.6) is 0 Å². The minimum atomic E-state index is -0.941. The lowest BCUT2D eigenvalue weighted by Gasteiger charge is -2.14. The van der Waals surface area contributed by atoms with E-state index in [9.17, 15) is 15.2 Å². The summed E-state index contributed by atoms with van der Waals surface area (Å²) in [6.07, 6.45) is -0.746. The molecule has 12 heteroatoms. The Labute approximate surface area is 127 Å². The molecule has 0 spiro atoms. The zero-order valence-electron chi connectivity index (χ0n) is 11.0. The second-order valence-corrected chi connectivity index (χ2v) is 4.99. The minimum absolute atomic E-state index is 0.0430. The molecule has 0 unspecified atom stereocenters. The van der Waals surface area contributed by atoms with Gasteiger partial charge in [-0.05, 0) is 11.6 Å². The van der Waals surface area contributed by atoms with Crippen molar-refractivity contribution in [2.45, 2.75) is 24.9 Å². The van der Waals surface area contributed by atoms with Crippen LogP contribution in [0, 0.1) is 10.1 Å². The lowest BCUT2D eigenvalue weighted by atomic mass is 10.2. The quantitative estimate of drug-likeness (QED) is 0.445. The maximum absolute atomic E-state index is 10.2. The summed E-state index contributed by atoms with van der Waals surface area (Å²) in [5.74, 6) is 0.125. The molecule has 0 aromatic carbocycles. The third kappa shape index (κ3) is 2.61. The first kappa shape index (κ1) is 14.7. The molecule has 3 rings (SSSR count). The van der Waals surface area contributed by atoms with Gasteiger partial charge in [0, 0.05) is 6.42 Å². The van der Waals surface area contributed by atoms with E-state index in [2.05, 4.69) is 19.8 Å². The molecule has 1 saturated heterocycles. The zero-order valence-corrected chi connectivity index (χ0v) is 11.8. The second-order valence-electron chi connectivity index (χ2n) is 4.65. The highest BCUT2D eigenvalue weighted by molar-refractivity contribution is 6.28. The van der Waals surface area contributed by atoms with Crippen molar-refractivity contribution in [2.75, 3.05) is 12.3 Å². The van der Waals surface area contributed by atoms with E-state index in [1.807, 2.05) is 0 Å². The molecular formula is C10H11ClN6O5. The van der Waals surface area contributed by atoms with Gasteiger partial charge in [0.15, 0.2) is 11.5 Å². The monoisotopic (exact) mass is 330 g/mol. The van der Waals surface area contributed by atoms with Crippen molar-refractivity contribution in [1.82, 2.24) is 19.5 Å². The standard InChI is InChI=1S/C10H11ClN6O5/c11-10-14-8(12)7-9(15-10)16(3-13-7)6-1-4(18)5(22-6)2-21-17(19)20/h3-6,18H,1-2H2,(H2,12,14,15)/t4-,5+,6+/m0/s1. The Morgan fingerprint density at radius 1 is 1.64 bits per heavy atom. The number of aliphatic hydroxyl groups is 1. The predicted molar refractivity (Wildman–Crippen MR) is 72.2 cm³/mol. The Kier molecular flexibility index (Phi) is 3.68. The van der Waals surface area contributed by atoms with Gasteiger partial charge < -0.3 is 20.4 Å². The van der Waals surface area contributed by atoms with Gasteiger partial charge in [0.25, 0.3) is 5.09 Å². The number of anilines is 1. The van der Waals surface area contributed by atoms with Crippen LogP contribution < -0.4 is 5.73 Å². The highest BCUT2D eigenvalue weighted by Crippen LogP contribution is 2.32. The van der Waals surface area contributed by atoms with Gasteiger partial charge in [0.05, 0.1) is 12.4 Å². The van der Waals surface area contributed by atoms with Crippen LogP contribution in [0.15, 0.2) is 6.33 Å². The van der Waals surface area contributed by atoms with Gasteiger partial charge in [-0.25, -0.2) is 4.98 Å². The number of nitrogens with zero attached hydrogens (tertiary/aromatic N) is 5. The van der Waals surface area contributed by atoms with Crippen LogP contribution in [0.3, 0.4) is 0 Å². The normalized spacial score (nSPS) is 24.7. The van der Waals surface area contributed by atoms with Crippen molar-refractivity contribution in [1.29, 1.82) is 0 Å². The fraction of sp³-hybridized carbons (Fsp3) is 0.500. The Morgan fingerprint density at radius 2 is 2.41 bits per heavy atom. The van der Waals surface area contributed by atoms with Crippen LogP contribution in [-0.4, -0.2) is 48.5 Å². The van der Waals surface area contributed by atoms with Crippen molar-refractivity contribution in [3.63, 3.8) is 0 Å². The molecule has 22 heavy (non-hydrogen) atoms. The predicted octanol–water partition coefficient (Wildman–Crippen LogP) is -0.0814. The number of nitrogen functional groups attached to an aromatic ring is 1. The van der Waals surface area contributed by atoms with Crippen LogP contribution in [0.1, 0.15) is 12.6 Å². The smallest absolute Gasteiger partial charge is 0.294 e. The number of nitrogens with two attached hydrogens (primary N) is 1. The maximum atomic E-state index is 10.2. The molecule has 11 nitrogen and oxygen atoms in total. The Bertz CT molecular complexity index is 723. The summed E-state index contributed by atoms with van der Waals surface area (Å²) in [6.45, 7) is -0.366. The SMILES string of the molecule is Nc1nc(Cl)nc2c1ncn2[C@H]1C[C@H](O)[C@@H](CO[N+](=O)[O-])O1. The number of aromatic nitrogens is 4. The number of hydrogen-bond donors (Lipinski definition) is 2. The summed E-state index contributed by atoms with van der Waals surface area (Å²) in [5, 5.41) is 19.1. The molecule has 0 bridgehead atoms. The van der Waals surface area contributed by atoms with Gasteiger partial charge in [0.1, 0.15) is 24.5 Å².